The fourth-order valence-corrected chi connectivity index (χ4v) is 4.45. The minimum atomic E-state index is -3.64. The number of sulfonamides is 1. The van der Waals surface area contributed by atoms with Gasteiger partial charge in [-0.3, -0.25) is 4.79 Å². The van der Waals surface area contributed by atoms with Gasteiger partial charge >= 0.3 is 0 Å². The third kappa shape index (κ3) is 4.01. The van der Waals surface area contributed by atoms with Gasteiger partial charge in [0.15, 0.2) is 0 Å². The molecule has 0 aromatic heterocycles. The normalized spacial score (nSPS) is 14.8. The first-order chi connectivity index (χ1) is 13.2. The van der Waals surface area contributed by atoms with Crippen molar-refractivity contribution in [2.45, 2.75) is 24.3 Å². The van der Waals surface area contributed by atoms with E-state index in [1.165, 1.54) is 43.5 Å². The number of nitrogens with zero attached hydrogens (tertiary/aromatic N) is 2. The molecule has 0 aliphatic carbocycles. The van der Waals surface area contributed by atoms with Crippen LogP contribution >= 0.6 is 11.6 Å². The number of hydrogen-bond acceptors (Lipinski definition) is 4. The third-order valence-corrected chi connectivity index (χ3v) is 7.11. The second-order valence-electron chi connectivity index (χ2n) is 7.06. The van der Waals surface area contributed by atoms with Gasteiger partial charge in [0.2, 0.25) is 10.0 Å². The fourth-order valence-electron chi connectivity index (χ4n) is 3.32. The van der Waals surface area contributed by atoms with Gasteiger partial charge in [-0.2, -0.15) is 0 Å². The average molecular weight is 422 g/mol. The summed E-state index contributed by atoms with van der Waals surface area (Å²) in [5.74, 6) is -0.389. The first-order valence-electron chi connectivity index (χ1n) is 9.06. The number of para-hydroxylation sites is 1. The van der Waals surface area contributed by atoms with Gasteiger partial charge in [-0.15, -0.1) is 0 Å². The van der Waals surface area contributed by atoms with Gasteiger partial charge in [0.1, 0.15) is 0 Å². The van der Waals surface area contributed by atoms with E-state index in [1.807, 2.05) is 12.1 Å². The molecule has 0 bridgehead atoms. The molecule has 1 amide bonds. The van der Waals surface area contributed by atoms with Crippen LogP contribution in [0.1, 0.15) is 22.8 Å². The number of carbonyl (C=O) groups is 1. The Morgan fingerprint density at radius 3 is 2.68 bits per heavy atom. The molecule has 6 nitrogen and oxygen atoms in total. The summed E-state index contributed by atoms with van der Waals surface area (Å²) in [5.41, 5.74) is 2.66. The van der Waals surface area contributed by atoms with Crippen LogP contribution in [0.3, 0.4) is 0 Å². The fraction of sp³-hybridized carbons (Fsp3) is 0.350. The van der Waals surface area contributed by atoms with Crippen molar-refractivity contribution in [3.63, 3.8) is 0 Å². The van der Waals surface area contributed by atoms with E-state index in [0.717, 1.165) is 17.3 Å². The Morgan fingerprint density at radius 1 is 1.25 bits per heavy atom. The first kappa shape index (κ1) is 20.6. The van der Waals surface area contributed by atoms with Crippen molar-refractivity contribution in [1.82, 2.24) is 9.62 Å². The highest BCUT2D eigenvalue weighted by Gasteiger charge is 2.24. The molecule has 1 atom stereocenters. The molecule has 2 aromatic carbocycles. The van der Waals surface area contributed by atoms with E-state index >= 15 is 0 Å². The monoisotopic (exact) mass is 421 g/mol. The smallest absolute Gasteiger partial charge is 0.252 e. The Morgan fingerprint density at radius 2 is 1.96 bits per heavy atom. The number of hydrogen-bond donors (Lipinski definition) is 1. The summed E-state index contributed by atoms with van der Waals surface area (Å²) in [6, 6.07) is 12.5. The molecule has 2 aromatic rings. The van der Waals surface area contributed by atoms with Crippen molar-refractivity contribution in [2.24, 2.45) is 0 Å². The van der Waals surface area contributed by atoms with Crippen LogP contribution in [0, 0.1) is 0 Å². The van der Waals surface area contributed by atoms with E-state index in [2.05, 4.69) is 29.3 Å². The maximum Gasteiger partial charge on any atom is 0.252 e. The van der Waals surface area contributed by atoms with Crippen LogP contribution in [0.4, 0.5) is 5.69 Å². The van der Waals surface area contributed by atoms with Crippen molar-refractivity contribution in [3.05, 3.63) is 58.6 Å². The molecule has 0 saturated heterocycles. The molecule has 150 valence electrons. The highest BCUT2D eigenvalue weighted by molar-refractivity contribution is 7.89. The Hall–Kier alpha value is -2.09. The van der Waals surface area contributed by atoms with E-state index in [1.54, 1.807) is 0 Å². The topological polar surface area (TPSA) is 69.7 Å². The lowest BCUT2D eigenvalue weighted by atomic mass is 10.1. The predicted octanol–water partition coefficient (Wildman–Crippen LogP) is 2.77. The van der Waals surface area contributed by atoms with Crippen LogP contribution in [-0.4, -0.2) is 51.9 Å². The van der Waals surface area contributed by atoms with Crippen molar-refractivity contribution in [3.8, 4) is 0 Å². The van der Waals surface area contributed by atoms with Gasteiger partial charge in [-0.05, 0) is 43.2 Å². The predicted molar refractivity (Wildman–Crippen MR) is 112 cm³/mol. The van der Waals surface area contributed by atoms with Gasteiger partial charge < -0.3 is 10.2 Å². The lowest BCUT2D eigenvalue weighted by Gasteiger charge is -2.27. The number of halogens is 1. The van der Waals surface area contributed by atoms with Crippen molar-refractivity contribution < 1.29 is 13.2 Å². The second kappa shape index (κ2) is 8.11. The van der Waals surface area contributed by atoms with Crippen molar-refractivity contribution in [1.29, 1.82) is 0 Å². The molecule has 1 heterocycles. The van der Waals surface area contributed by atoms with E-state index in [-0.39, 0.29) is 27.4 Å². The van der Waals surface area contributed by atoms with Gasteiger partial charge in [-0.1, -0.05) is 29.8 Å². The number of benzene rings is 2. The van der Waals surface area contributed by atoms with Gasteiger partial charge in [-0.25, -0.2) is 12.7 Å². The number of rotatable bonds is 6. The van der Waals surface area contributed by atoms with Crippen LogP contribution < -0.4 is 10.2 Å². The summed E-state index contributed by atoms with van der Waals surface area (Å²) >= 11 is 6.15. The molecule has 0 fully saturated rings. The summed E-state index contributed by atoms with van der Waals surface area (Å²) < 4.78 is 25.7. The molecule has 0 radical (unpaired) electrons. The van der Waals surface area contributed by atoms with E-state index in [4.69, 9.17) is 11.6 Å². The van der Waals surface area contributed by atoms with Crippen molar-refractivity contribution in [2.75, 3.05) is 32.1 Å². The molecule has 1 aliphatic heterocycles. The largest absolute Gasteiger partial charge is 0.366 e. The lowest BCUT2D eigenvalue weighted by molar-refractivity contribution is 0.0951. The lowest BCUT2D eigenvalue weighted by Crippen LogP contribution is -2.41. The molecule has 3 rings (SSSR count). The molecular weight excluding hydrogens is 398 g/mol. The molecule has 0 unspecified atom stereocenters. The van der Waals surface area contributed by atoms with Gasteiger partial charge in [0, 0.05) is 38.9 Å². The number of nitrogens with one attached hydrogen (secondary N) is 1. The summed E-state index contributed by atoms with van der Waals surface area (Å²) in [7, 11) is -0.754. The van der Waals surface area contributed by atoms with Crippen LogP contribution in [0.2, 0.25) is 5.02 Å². The molecule has 1 N–H and O–H groups in total. The summed E-state index contributed by atoms with van der Waals surface area (Å²) in [6.07, 6.45) is 0.991. The molecule has 28 heavy (non-hydrogen) atoms. The Balaban J connectivity index is 1.72. The molecule has 1 aliphatic rings. The van der Waals surface area contributed by atoms with E-state index in [9.17, 15) is 13.2 Å². The first-order valence-corrected chi connectivity index (χ1v) is 10.9. The standard InChI is InChI=1S/C20H24ClN3O3S/c1-14(24-11-10-15-6-4-5-7-19(15)24)13-22-20(25)17-12-16(8-9-18(17)21)28(26,27)23(2)3/h4-9,12,14H,10-11,13H2,1-3H3,(H,22,25)/t14-/m1/s1. The maximum atomic E-state index is 12.7. The van der Waals surface area contributed by atoms with Crippen LogP contribution in [0.25, 0.3) is 0 Å². The Kier molecular flexibility index (Phi) is 5.98. The third-order valence-electron chi connectivity index (χ3n) is 4.97. The van der Waals surface area contributed by atoms with Crippen LogP contribution in [-0.2, 0) is 16.4 Å². The number of anilines is 1. The molecular formula is C20H24ClN3O3S. The molecule has 0 spiro atoms. The highest BCUT2D eigenvalue weighted by Crippen LogP contribution is 2.29. The van der Waals surface area contributed by atoms with Crippen molar-refractivity contribution >= 4 is 33.2 Å². The number of carbonyl (C=O) groups excluding carboxylic acids is 1. The van der Waals surface area contributed by atoms with Crippen LogP contribution in [0.15, 0.2) is 47.4 Å². The number of fused-ring (bicyclic) bond motifs is 1. The van der Waals surface area contributed by atoms with E-state index < -0.39 is 10.0 Å². The zero-order chi connectivity index (χ0) is 20.5. The molecule has 0 saturated carbocycles. The maximum absolute atomic E-state index is 12.7. The second-order valence-corrected chi connectivity index (χ2v) is 9.62. The Labute approximate surface area is 171 Å². The summed E-state index contributed by atoms with van der Waals surface area (Å²) in [6.45, 7) is 3.39. The minimum absolute atomic E-state index is 0.0357. The SMILES string of the molecule is C[C@H](CNC(=O)c1cc(S(=O)(=O)N(C)C)ccc1Cl)N1CCc2ccccc21. The van der Waals surface area contributed by atoms with E-state index in [0.29, 0.717) is 6.54 Å². The Bertz CT molecular complexity index is 992. The van der Waals surface area contributed by atoms with Gasteiger partial charge in [0.05, 0.1) is 15.5 Å². The zero-order valence-electron chi connectivity index (χ0n) is 16.1. The van der Waals surface area contributed by atoms with Gasteiger partial charge in [0.25, 0.3) is 5.91 Å². The summed E-state index contributed by atoms with van der Waals surface area (Å²) in [5, 5.41) is 3.10. The minimum Gasteiger partial charge on any atom is -0.366 e. The zero-order valence-corrected chi connectivity index (χ0v) is 17.7. The molecule has 8 heteroatoms. The number of amides is 1. The quantitative estimate of drug-likeness (QED) is 0.778. The average Bonchev–Trinajstić information content (AvgIpc) is 3.10. The van der Waals surface area contributed by atoms with Crippen LogP contribution in [0.5, 0.6) is 0 Å². The summed E-state index contributed by atoms with van der Waals surface area (Å²) in [4.78, 5) is 15.0. The highest BCUT2D eigenvalue weighted by atomic mass is 35.5.